The fourth-order valence-electron chi connectivity index (χ4n) is 2.14. The lowest BCUT2D eigenvalue weighted by atomic mass is 9.88. The van der Waals surface area contributed by atoms with Crippen LogP contribution in [0.4, 0.5) is 0 Å². The zero-order valence-electron chi connectivity index (χ0n) is 7.44. The molecule has 3 unspecified atom stereocenters. The first-order valence-corrected chi connectivity index (χ1v) is 5.50. The SMILES string of the molecule is C=C(C)C1CCC(C)C1CBr. The van der Waals surface area contributed by atoms with Crippen LogP contribution in [0.15, 0.2) is 12.2 Å². The molecule has 0 amide bonds. The van der Waals surface area contributed by atoms with Gasteiger partial charge in [-0.3, -0.25) is 0 Å². The van der Waals surface area contributed by atoms with Crippen LogP contribution in [0.25, 0.3) is 0 Å². The molecule has 0 spiro atoms. The molecule has 0 aliphatic heterocycles. The molecule has 0 N–H and O–H groups in total. The van der Waals surface area contributed by atoms with Gasteiger partial charge in [-0.25, -0.2) is 0 Å². The Balaban J connectivity index is 2.61. The quantitative estimate of drug-likeness (QED) is 0.489. The van der Waals surface area contributed by atoms with Crippen LogP contribution in [0.3, 0.4) is 0 Å². The van der Waals surface area contributed by atoms with Crippen LogP contribution in [0.1, 0.15) is 26.7 Å². The van der Waals surface area contributed by atoms with E-state index in [1.807, 2.05) is 0 Å². The molecule has 0 aromatic heterocycles. The van der Waals surface area contributed by atoms with Gasteiger partial charge in [0.2, 0.25) is 0 Å². The molecular formula is C10H17Br. The van der Waals surface area contributed by atoms with Crippen molar-refractivity contribution in [3.05, 3.63) is 12.2 Å². The Kier molecular flexibility index (Phi) is 3.17. The fraction of sp³-hybridized carbons (Fsp3) is 0.800. The maximum Gasteiger partial charge on any atom is 0.00679 e. The second-order valence-corrected chi connectivity index (χ2v) is 4.47. The van der Waals surface area contributed by atoms with E-state index in [1.165, 1.54) is 18.4 Å². The van der Waals surface area contributed by atoms with Crippen LogP contribution in [0.5, 0.6) is 0 Å². The maximum atomic E-state index is 4.05. The molecule has 0 saturated heterocycles. The molecule has 1 aliphatic rings. The van der Waals surface area contributed by atoms with Crippen molar-refractivity contribution >= 4 is 15.9 Å². The van der Waals surface area contributed by atoms with Crippen molar-refractivity contribution in [3.63, 3.8) is 0 Å². The molecule has 11 heavy (non-hydrogen) atoms. The molecule has 0 radical (unpaired) electrons. The van der Waals surface area contributed by atoms with Gasteiger partial charge in [-0.05, 0) is 37.5 Å². The number of hydrogen-bond donors (Lipinski definition) is 0. The van der Waals surface area contributed by atoms with E-state index in [9.17, 15) is 0 Å². The van der Waals surface area contributed by atoms with Crippen LogP contribution in [-0.2, 0) is 0 Å². The van der Waals surface area contributed by atoms with E-state index >= 15 is 0 Å². The highest BCUT2D eigenvalue weighted by Crippen LogP contribution is 2.41. The number of allylic oxidation sites excluding steroid dienone is 1. The second kappa shape index (κ2) is 3.75. The van der Waals surface area contributed by atoms with Crippen LogP contribution >= 0.6 is 15.9 Å². The molecule has 3 atom stereocenters. The predicted molar refractivity (Wildman–Crippen MR) is 54.0 cm³/mol. The van der Waals surface area contributed by atoms with Crippen molar-refractivity contribution in [2.45, 2.75) is 26.7 Å². The third kappa shape index (κ3) is 1.87. The third-order valence-corrected chi connectivity index (χ3v) is 3.74. The van der Waals surface area contributed by atoms with E-state index in [0.29, 0.717) is 0 Å². The van der Waals surface area contributed by atoms with Gasteiger partial charge >= 0.3 is 0 Å². The highest BCUT2D eigenvalue weighted by atomic mass is 79.9. The molecule has 1 heteroatoms. The van der Waals surface area contributed by atoms with Gasteiger partial charge in [0.05, 0.1) is 0 Å². The van der Waals surface area contributed by atoms with Crippen LogP contribution in [0.2, 0.25) is 0 Å². The minimum Gasteiger partial charge on any atom is -0.0998 e. The van der Waals surface area contributed by atoms with Gasteiger partial charge in [0, 0.05) is 5.33 Å². The molecule has 1 rings (SSSR count). The maximum absolute atomic E-state index is 4.05. The second-order valence-electron chi connectivity index (χ2n) is 3.83. The lowest BCUT2D eigenvalue weighted by molar-refractivity contribution is 0.405. The Bertz CT molecular complexity index is 151. The van der Waals surface area contributed by atoms with E-state index in [1.54, 1.807) is 0 Å². The number of hydrogen-bond acceptors (Lipinski definition) is 0. The molecule has 0 heterocycles. The van der Waals surface area contributed by atoms with Gasteiger partial charge in [0.1, 0.15) is 0 Å². The first-order valence-electron chi connectivity index (χ1n) is 4.38. The minimum absolute atomic E-state index is 0.782. The first kappa shape index (κ1) is 9.31. The summed E-state index contributed by atoms with van der Waals surface area (Å²) in [4.78, 5) is 0. The normalized spacial score (nSPS) is 37.5. The zero-order chi connectivity index (χ0) is 8.43. The number of alkyl halides is 1. The van der Waals surface area contributed by atoms with Crippen molar-refractivity contribution in [2.75, 3.05) is 5.33 Å². The van der Waals surface area contributed by atoms with Crippen molar-refractivity contribution < 1.29 is 0 Å². The Morgan fingerprint density at radius 1 is 1.55 bits per heavy atom. The highest BCUT2D eigenvalue weighted by molar-refractivity contribution is 9.09. The average Bonchev–Trinajstić information content (AvgIpc) is 2.30. The number of halogens is 1. The molecule has 1 aliphatic carbocycles. The van der Waals surface area contributed by atoms with E-state index in [-0.39, 0.29) is 0 Å². The summed E-state index contributed by atoms with van der Waals surface area (Å²) in [7, 11) is 0. The average molecular weight is 217 g/mol. The van der Waals surface area contributed by atoms with Gasteiger partial charge in [-0.2, -0.15) is 0 Å². The third-order valence-electron chi connectivity index (χ3n) is 2.99. The Morgan fingerprint density at radius 3 is 2.55 bits per heavy atom. The Hall–Kier alpha value is 0.220. The summed E-state index contributed by atoms with van der Waals surface area (Å²) in [5.74, 6) is 2.51. The summed E-state index contributed by atoms with van der Waals surface area (Å²) in [6.07, 6.45) is 2.74. The molecule has 0 aromatic carbocycles. The summed E-state index contributed by atoms with van der Waals surface area (Å²) in [6, 6.07) is 0. The van der Waals surface area contributed by atoms with E-state index in [2.05, 4.69) is 36.4 Å². The molecule has 0 aromatic rings. The largest absolute Gasteiger partial charge is 0.0998 e. The van der Waals surface area contributed by atoms with Gasteiger partial charge < -0.3 is 0 Å². The number of rotatable bonds is 2. The highest BCUT2D eigenvalue weighted by Gasteiger charge is 2.32. The van der Waals surface area contributed by atoms with E-state index in [4.69, 9.17) is 0 Å². The standard InChI is InChI=1S/C10H17Br/c1-7(2)9-5-4-8(3)10(9)6-11/h8-10H,1,4-6H2,2-3H3. The van der Waals surface area contributed by atoms with E-state index < -0.39 is 0 Å². The van der Waals surface area contributed by atoms with Crippen molar-refractivity contribution in [1.29, 1.82) is 0 Å². The van der Waals surface area contributed by atoms with Gasteiger partial charge in [-0.1, -0.05) is 35.0 Å². The summed E-state index contributed by atoms with van der Waals surface area (Å²) in [5.41, 5.74) is 1.37. The summed E-state index contributed by atoms with van der Waals surface area (Å²) >= 11 is 3.58. The molecule has 64 valence electrons. The Labute approximate surface area is 78.2 Å². The summed E-state index contributed by atoms with van der Waals surface area (Å²) in [5, 5.41) is 1.14. The summed E-state index contributed by atoms with van der Waals surface area (Å²) in [6.45, 7) is 8.57. The lowest BCUT2D eigenvalue weighted by Crippen LogP contribution is -2.15. The smallest absolute Gasteiger partial charge is 0.00679 e. The van der Waals surface area contributed by atoms with E-state index in [0.717, 1.165) is 23.1 Å². The van der Waals surface area contributed by atoms with Crippen molar-refractivity contribution in [1.82, 2.24) is 0 Å². The minimum atomic E-state index is 0.782. The zero-order valence-corrected chi connectivity index (χ0v) is 9.02. The molecule has 0 nitrogen and oxygen atoms in total. The predicted octanol–water partition coefficient (Wildman–Crippen LogP) is 3.62. The molecule has 0 bridgehead atoms. The summed E-state index contributed by atoms with van der Waals surface area (Å²) < 4.78 is 0. The Morgan fingerprint density at radius 2 is 2.18 bits per heavy atom. The molecule has 1 fully saturated rings. The fourth-order valence-corrected chi connectivity index (χ4v) is 3.23. The van der Waals surface area contributed by atoms with Crippen LogP contribution in [-0.4, -0.2) is 5.33 Å². The monoisotopic (exact) mass is 216 g/mol. The van der Waals surface area contributed by atoms with Crippen molar-refractivity contribution in [3.8, 4) is 0 Å². The molecular weight excluding hydrogens is 200 g/mol. The van der Waals surface area contributed by atoms with Crippen LogP contribution in [0, 0.1) is 17.8 Å². The first-order chi connectivity index (χ1) is 5.16. The molecule has 1 saturated carbocycles. The topological polar surface area (TPSA) is 0 Å². The lowest BCUT2D eigenvalue weighted by Gasteiger charge is -2.20. The van der Waals surface area contributed by atoms with Crippen LogP contribution < -0.4 is 0 Å². The van der Waals surface area contributed by atoms with Gasteiger partial charge in [0.25, 0.3) is 0 Å². The van der Waals surface area contributed by atoms with Gasteiger partial charge in [0.15, 0.2) is 0 Å². The van der Waals surface area contributed by atoms with Crippen molar-refractivity contribution in [2.24, 2.45) is 17.8 Å². The van der Waals surface area contributed by atoms with Gasteiger partial charge in [-0.15, -0.1) is 0 Å².